The van der Waals surface area contributed by atoms with E-state index >= 15 is 0 Å². The molecule has 2 aromatic carbocycles. The normalized spacial score (nSPS) is 11.4. The van der Waals surface area contributed by atoms with E-state index in [0.29, 0.717) is 33.5 Å². The van der Waals surface area contributed by atoms with E-state index in [-0.39, 0.29) is 29.5 Å². The lowest BCUT2D eigenvalue weighted by Crippen LogP contribution is -2.31. The summed E-state index contributed by atoms with van der Waals surface area (Å²) in [4.78, 5) is 24.7. The third kappa shape index (κ3) is 6.42. The Morgan fingerprint density at radius 1 is 1.00 bits per heavy atom. The van der Waals surface area contributed by atoms with Gasteiger partial charge in [-0.05, 0) is 49.7 Å². The highest BCUT2D eigenvalue weighted by Crippen LogP contribution is 2.31. The Morgan fingerprint density at radius 3 is 2.39 bits per heavy atom. The van der Waals surface area contributed by atoms with E-state index in [1.165, 1.54) is 0 Å². The molecule has 0 spiro atoms. The van der Waals surface area contributed by atoms with Gasteiger partial charge in [0.05, 0.1) is 14.2 Å². The van der Waals surface area contributed by atoms with Crippen LogP contribution in [0.1, 0.15) is 45.4 Å². The Labute approximate surface area is 196 Å². The molecule has 0 aliphatic carbocycles. The quantitative estimate of drug-likeness (QED) is 0.462. The van der Waals surface area contributed by atoms with E-state index < -0.39 is 0 Å². The van der Waals surface area contributed by atoms with Gasteiger partial charge < -0.3 is 24.8 Å². The Balaban J connectivity index is 1.56. The number of hydrogen-bond donors (Lipinski definition) is 2. The van der Waals surface area contributed by atoms with Crippen LogP contribution in [0.15, 0.2) is 42.5 Å². The van der Waals surface area contributed by atoms with Gasteiger partial charge in [0.15, 0.2) is 16.5 Å². The second-order valence-electron chi connectivity index (χ2n) is 7.12. The van der Waals surface area contributed by atoms with Crippen molar-refractivity contribution in [2.45, 2.75) is 32.9 Å². The minimum absolute atomic E-state index is 0.0965. The zero-order chi connectivity index (χ0) is 23.8. The molecule has 0 unspecified atom stereocenters. The molecule has 3 rings (SSSR count). The van der Waals surface area contributed by atoms with Crippen LogP contribution in [0.5, 0.6) is 17.2 Å². The number of anilines is 1. The summed E-state index contributed by atoms with van der Waals surface area (Å²) >= 11 is 1.14. The number of ether oxygens (including phenoxy) is 3. The number of methoxy groups -OCH3 is 2. The zero-order valence-corrected chi connectivity index (χ0v) is 19.7. The third-order valence-electron chi connectivity index (χ3n) is 4.77. The smallest absolute Gasteiger partial charge is 0.286 e. The summed E-state index contributed by atoms with van der Waals surface area (Å²) in [5, 5.41) is 14.4. The fourth-order valence-electron chi connectivity index (χ4n) is 2.75. The highest BCUT2D eigenvalue weighted by atomic mass is 32.1. The molecule has 0 saturated carbocycles. The summed E-state index contributed by atoms with van der Waals surface area (Å²) < 4.78 is 16.2. The number of aromatic nitrogens is 2. The number of nitrogens with zero attached hydrogens (tertiary/aromatic N) is 2. The Hall–Kier alpha value is -3.66. The molecule has 10 heteroatoms. The molecule has 1 heterocycles. The fourth-order valence-corrected chi connectivity index (χ4v) is 3.40. The van der Waals surface area contributed by atoms with Gasteiger partial charge >= 0.3 is 0 Å². The molecule has 2 amide bonds. The van der Waals surface area contributed by atoms with Crippen LogP contribution in [0, 0.1) is 0 Å². The molecule has 0 saturated heterocycles. The number of carbonyl (C=O) groups is 2. The maximum absolute atomic E-state index is 12.5. The average molecular weight is 471 g/mol. The number of benzene rings is 2. The largest absolute Gasteiger partial charge is 0.493 e. The Morgan fingerprint density at radius 2 is 1.73 bits per heavy atom. The highest BCUT2D eigenvalue weighted by molar-refractivity contribution is 7.13. The van der Waals surface area contributed by atoms with Crippen molar-refractivity contribution in [3.05, 3.63) is 58.0 Å². The third-order valence-corrected chi connectivity index (χ3v) is 5.67. The summed E-state index contributed by atoms with van der Waals surface area (Å²) in [6, 6.07) is 12.0. The lowest BCUT2D eigenvalue weighted by atomic mass is 10.1. The Bertz CT molecular complexity index is 1100. The molecular formula is C23H26N4O5S. The predicted molar refractivity (Wildman–Crippen MR) is 125 cm³/mol. The molecule has 0 aliphatic rings. The molecule has 33 heavy (non-hydrogen) atoms. The van der Waals surface area contributed by atoms with E-state index in [2.05, 4.69) is 20.8 Å². The highest BCUT2D eigenvalue weighted by Gasteiger charge is 2.15. The predicted octanol–water partition coefficient (Wildman–Crippen LogP) is 3.91. The van der Waals surface area contributed by atoms with Crippen LogP contribution in [0.4, 0.5) is 5.69 Å². The van der Waals surface area contributed by atoms with Crippen molar-refractivity contribution in [1.82, 2.24) is 15.5 Å². The van der Waals surface area contributed by atoms with E-state index in [0.717, 1.165) is 17.8 Å². The fraction of sp³-hybridized carbons (Fsp3) is 0.304. The molecule has 3 aromatic rings. The van der Waals surface area contributed by atoms with Crippen molar-refractivity contribution < 1.29 is 23.8 Å². The number of carbonyl (C=O) groups excluding carboxylic acids is 2. The van der Waals surface area contributed by atoms with Crippen LogP contribution < -0.4 is 24.8 Å². The zero-order valence-electron chi connectivity index (χ0n) is 18.9. The van der Waals surface area contributed by atoms with E-state index in [9.17, 15) is 9.59 Å². The molecule has 9 nitrogen and oxygen atoms in total. The number of amides is 2. The molecule has 2 N–H and O–H groups in total. The van der Waals surface area contributed by atoms with E-state index in [1.807, 2.05) is 13.8 Å². The van der Waals surface area contributed by atoms with Gasteiger partial charge in [0, 0.05) is 23.4 Å². The number of nitrogens with one attached hydrogen (secondary N) is 2. The van der Waals surface area contributed by atoms with Gasteiger partial charge in [-0.3, -0.25) is 9.59 Å². The van der Waals surface area contributed by atoms with Crippen molar-refractivity contribution in [3.63, 3.8) is 0 Å². The molecule has 0 aliphatic heterocycles. The molecule has 1 atom stereocenters. The van der Waals surface area contributed by atoms with E-state index in [1.54, 1.807) is 56.7 Å². The molecule has 0 bridgehead atoms. The van der Waals surface area contributed by atoms with Crippen molar-refractivity contribution >= 4 is 28.8 Å². The molecule has 1 aromatic heterocycles. The van der Waals surface area contributed by atoms with Crippen molar-refractivity contribution in [2.24, 2.45) is 0 Å². The molecule has 0 fully saturated rings. The van der Waals surface area contributed by atoms with Gasteiger partial charge in [-0.1, -0.05) is 18.3 Å². The SMILES string of the molecule is CC[C@H](C)NC(=O)c1ccc(NC(=O)c2nnc(COc3ccc(OC)c(OC)c3)s2)cc1. The van der Waals surface area contributed by atoms with Gasteiger partial charge in [0.25, 0.3) is 11.8 Å². The van der Waals surface area contributed by atoms with Crippen molar-refractivity contribution in [3.8, 4) is 17.2 Å². The Kier molecular flexibility index (Phi) is 8.20. The maximum Gasteiger partial charge on any atom is 0.286 e. The van der Waals surface area contributed by atoms with Gasteiger partial charge in [-0.2, -0.15) is 0 Å². The second kappa shape index (κ2) is 11.3. The van der Waals surface area contributed by atoms with Crippen LogP contribution in [0.2, 0.25) is 0 Å². The van der Waals surface area contributed by atoms with Crippen LogP contribution in [0.3, 0.4) is 0 Å². The summed E-state index contributed by atoms with van der Waals surface area (Å²) in [6.07, 6.45) is 0.850. The summed E-state index contributed by atoms with van der Waals surface area (Å²) in [7, 11) is 3.11. The van der Waals surface area contributed by atoms with Crippen LogP contribution in [-0.4, -0.2) is 42.3 Å². The van der Waals surface area contributed by atoms with Crippen molar-refractivity contribution in [2.75, 3.05) is 19.5 Å². The van der Waals surface area contributed by atoms with Crippen LogP contribution in [0.25, 0.3) is 0 Å². The lowest BCUT2D eigenvalue weighted by molar-refractivity contribution is 0.0938. The molecular weight excluding hydrogens is 444 g/mol. The van der Waals surface area contributed by atoms with Gasteiger partial charge in [-0.15, -0.1) is 10.2 Å². The average Bonchev–Trinajstić information content (AvgIpc) is 3.32. The van der Waals surface area contributed by atoms with E-state index in [4.69, 9.17) is 14.2 Å². The first-order chi connectivity index (χ1) is 15.9. The molecule has 174 valence electrons. The minimum Gasteiger partial charge on any atom is -0.493 e. The van der Waals surface area contributed by atoms with Crippen molar-refractivity contribution in [1.29, 1.82) is 0 Å². The summed E-state index contributed by atoms with van der Waals surface area (Å²) in [5.74, 6) is 1.19. The van der Waals surface area contributed by atoms with Crippen LogP contribution >= 0.6 is 11.3 Å². The number of rotatable bonds is 10. The standard InChI is InChI=1S/C23H26N4O5S/c1-5-14(2)24-21(28)15-6-8-16(9-7-15)25-22(29)23-27-26-20(33-23)13-32-17-10-11-18(30-3)19(12-17)31-4/h6-12,14H,5,13H2,1-4H3,(H,24,28)(H,25,29)/t14-/m0/s1. The topological polar surface area (TPSA) is 112 Å². The summed E-state index contributed by atoms with van der Waals surface area (Å²) in [6.45, 7) is 4.10. The number of hydrogen-bond acceptors (Lipinski definition) is 8. The monoisotopic (exact) mass is 470 g/mol. The summed E-state index contributed by atoms with van der Waals surface area (Å²) in [5.41, 5.74) is 1.08. The lowest BCUT2D eigenvalue weighted by Gasteiger charge is -2.11. The first-order valence-electron chi connectivity index (χ1n) is 10.3. The minimum atomic E-state index is -0.387. The van der Waals surface area contributed by atoms with Gasteiger partial charge in [0.2, 0.25) is 5.01 Å². The second-order valence-corrected chi connectivity index (χ2v) is 8.18. The van der Waals surface area contributed by atoms with Gasteiger partial charge in [-0.25, -0.2) is 0 Å². The first kappa shape index (κ1) is 24.0. The van der Waals surface area contributed by atoms with Crippen LogP contribution in [-0.2, 0) is 6.61 Å². The molecule has 0 radical (unpaired) electrons. The van der Waals surface area contributed by atoms with Gasteiger partial charge in [0.1, 0.15) is 12.4 Å². The first-order valence-corrected chi connectivity index (χ1v) is 11.1. The maximum atomic E-state index is 12.5.